The van der Waals surface area contributed by atoms with Gasteiger partial charge in [-0.15, -0.1) is 5.10 Å². The molecule has 2 N–H and O–H groups in total. The Labute approximate surface area is 161 Å². The summed E-state index contributed by atoms with van der Waals surface area (Å²) in [6.07, 6.45) is 1.14. The van der Waals surface area contributed by atoms with Crippen LogP contribution in [-0.4, -0.2) is 26.2 Å². The lowest BCUT2D eigenvalue weighted by atomic mass is 10.1. The molecule has 0 aliphatic heterocycles. The zero-order chi connectivity index (χ0) is 18.9. The molecule has 3 aromatic heterocycles. The van der Waals surface area contributed by atoms with E-state index in [0.717, 1.165) is 27.9 Å². The lowest BCUT2D eigenvalue weighted by Crippen LogP contribution is -2.13. The molecule has 138 valence electrons. The Morgan fingerprint density at radius 1 is 1.00 bits per heavy atom. The third-order valence-corrected chi connectivity index (χ3v) is 4.70. The van der Waals surface area contributed by atoms with Crippen molar-refractivity contribution in [3.05, 3.63) is 84.6 Å². The van der Waals surface area contributed by atoms with Gasteiger partial charge in [0.1, 0.15) is 17.1 Å². The van der Waals surface area contributed by atoms with E-state index in [2.05, 4.69) is 15.4 Å². The largest absolute Gasteiger partial charge is 0.454 e. The molecule has 1 atom stereocenters. The van der Waals surface area contributed by atoms with Crippen LogP contribution in [0.5, 0.6) is 0 Å². The highest BCUT2D eigenvalue weighted by atomic mass is 16.3. The summed E-state index contributed by atoms with van der Waals surface area (Å²) >= 11 is 0. The predicted molar refractivity (Wildman–Crippen MR) is 108 cm³/mol. The van der Waals surface area contributed by atoms with E-state index in [9.17, 15) is 5.11 Å². The molecular formula is C22H18N4O2. The van der Waals surface area contributed by atoms with Crippen LogP contribution in [0.1, 0.15) is 11.7 Å². The van der Waals surface area contributed by atoms with Crippen molar-refractivity contribution < 1.29 is 9.52 Å². The van der Waals surface area contributed by atoms with Gasteiger partial charge in [-0.05, 0) is 29.8 Å². The fourth-order valence-corrected chi connectivity index (χ4v) is 3.24. The second kappa shape index (κ2) is 6.83. The van der Waals surface area contributed by atoms with Crippen molar-refractivity contribution in [1.82, 2.24) is 14.6 Å². The van der Waals surface area contributed by atoms with Crippen LogP contribution in [0.25, 0.3) is 28.1 Å². The molecule has 5 aromatic rings. The first-order valence-corrected chi connectivity index (χ1v) is 9.08. The number of aromatic nitrogens is 3. The maximum atomic E-state index is 10.3. The van der Waals surface area contributed by atoms with E-state index in [1.165, 1.54) is 0 Å². The number of fused-ring (bicyclic) bond motifs is 2. The summed E-state index contributed by atoms with van der Waals surface area (Å²) in [7, 11) is 0. The van der Waals surface area contributed by atoms with Crippen LogP contribution >= 0.6 is 0 Å². The molecule has 0 radical (unpaired) electrons. The second-order valence-electron chi connectivity index (χ2n) is 6.59. The Hall–Kier alpha value is -3.64. The molecule has 0 aliphatic carbocycles. The molecule has 0 amide bonds. The molecule has 0 bridgehead atoms. The number of nitrogens with one attached hydrogen (secondary N) is 1. The Morgan fingerprint density at radius 3 is 2.68 bits per heavy atom. The van der Waals surface area contributed by atoms with E-state index in [0.29, 0.717) is 18.1 Å². The molecule has 28 heavy (non-hydrogen) atoms. The number of hydrogen-bond donors (Lipinski definition) is 2. The van der Waals surface area contributed by atoms with Crippen LogP contribution in [0.15, 0.2) is 83.4 Å². The number of hydrogen-bond acceptors (Lipinski definition) is 5. The van der Waals surface area contributed by atoms with Gasteiger partial charge in [0.15, 0.2) is 11.4 Å². The van der Waals surface area contributed by atoms with Crippen molar-refractivity contribution >= 4 is 22.4 Å². The summed E-state index contributed by atoms with van der Waals surface area (Å²) in [6.45, 7) is 0.358. The molecule has 0 saturated carbocycles. The van der Waals surface area contributed by atoms with Crippen molar-refractivity contribution in [2.75, 3.05) is 11.9 Å². The van der Waals surface area contributed by atoms with Gasteiger partial charge < -0.3 is 14.8 Å². The second-order valence-corrected chi connectivity index (χ2v) is 6.59. The summed E-state index contributed by atoms with van der Waals surface area (Å²) in [4.78, 5) is 4.41. The first kappa shape index (κ1) is 16.5. The van der Waals surface area contributed by atoms with Crippen LogP contribution in [0.2, 0.25) is 0 Å². The van der Waals surface area contributed by atoms with E-state index >= 15 is 0 Å². The van der Waals surface area contributed by atoms with Crippen molar-refractivity contribution in [2.45, 2.75) is 6.10 Å². The van der Waals surface area contributed by atoms with Gasteiger partial charge in [0.05, 0.1) is 12.3 Å². The standard InChI is InChI=1S/C22H18N4O2/c27-18(15-6-2-1-3-7-15)14-23-21-10-11-22-24-13-17(26(22)25-21)20-12-16-8-4-5-9-19(16)28-20/h1-13,18,27H,14H2,(H,23,25)/t18-/m0/s1. The monoisotopic (exact) mass is 370 g/mol. The third kappa shape index (κ3) is 3.00. The summed E-state index contributed by atoms with van der Waals surface area (Å²) in [5.74, 6) is 1.36. The van der Waals surface area contributed by atoms with Crippen molar-refractivity contribution in [1.29, 1.82) is 0 Å². The van der Waals surface area contributed by atoms with Gasteiger partial charge in [-0.1, -0.05) is 48.5 Å². The van der Waals surface area contributed by atoms with E-state index in [1.807, 2.05) is 72.8 Å². The average molecular weight is 370 g/mol. The Kier molecular flexibility index (Phi) is 4.03. The van der Waals surface area contributed by atoms with Gasteiger partial charge in [0.25, 0.3) is 0 Å². The number of benzene rings is 2. The van der Waals surface area contributed by atoms with Crippen molar-refractivity contribution in [3.8, 4) is 11.5 Å². The van der Waals surface area contributed by atoms with Gasteiger partial charge in [0.2, 0.25) is 0 Å². The molecule has 0 fully saturated rings. The Bertz CT molecular complexity index is 1210. The van der Waals surface area contributed by atoms with Gasteiger partial charge in [-0.3, -0.25) is 0 Å². The summed E-state index contributed by atoms with van der Waals surface area (Å²) in [5, 5.41) is 19.2. The molecule has 0 saturated heterocycles. The van der Waals surface area contributed by atoms with E-state index < -0.39 is 6.10 Å². The van der Waals surface area contributed by atoms with E-state index in [4.69, 9.17) is 4.42 Å². The van der Waals surface area contributed by atoms with Gasteiger partial charge in [-0.25, -0.2) is 9.50 Å². The molecule has 6 nitrogen and oxygen atoms in total. The van der Waals surface area contributed by atoms with Crippen LogP contribution < -0.4 is 5.32 Å². The Morgan fingerprint density at radius 2 is 1.82 bits per heavy atom. The van der Waals surface area contributed by atoms with E-state index in [-0.39, 0.29) is 0 Å². The molecule has 0 aliphatic rings. The van der Waals surface area contributed by atoms with Crippen molar-refractivity contribution in [2.24, 2.45) is 0 Å². The number of aliphatic hydroxyl groups excluding tert-OH is 1. The number of anilines is 1. The van der Waals surface area contributed by atoms with Crippen LogP contribution in [0.4, 0.5) is 5.82 Å². The molecule has 2 aromatic carbocycles. The SMILES string of the molecule is O[C@@H](CNc1ccc2ncc(-c3cc4ccccc4o3)n2n1)c1ccccc1. The van der Waals surface area contributed by atoms with E-state index in [1.54, 1.807) is 10.7 Å². The lowest BCUT2D eigenvalue weighted by Gasteiger charge is -2.12. The lowest BCUT2D eigenvalue weighted by molar-refractivity contribution is 0.191. The minimum atomic E-state index is -0.615. The summed E-state index contributed by atoms with van der Waals surface area (Å²) in [5.41, 5.74) is 3.19. The fourth-order valence-electron chi connectivity index (χ4n) is 3.24. The maximum Gasteiger partial charge on any atom is 0.155 e. The molecule has 3 heterocycles. The summed E-state index contributed by atoms with van der Waals surface area (Å²) in [6, 6.07) is 23.1. The van der Waals surface area contributed by atoms with Gasteiger partial charge in [-0.2, -0.15) is 0 Å². The molecule has 5 rings (SSSR count). The number of imidazole rings is 1. The third-order valence-electron chi connectivity index (χ3n) is 4.70. The van der Waals surface area contributed by atoms with Gasteiger partial charge >= 0.3 is 0 Å². The molecule has 0 unspecified atom stereocenters. The number of aliphatic hydroxyl groups is 1. The minimum absolute atomic E-state index is 0.358. The first-order valence-electron chi connectivity index (χ1n) is 9.08. The van der Waals surface area contributed by atoms with Crippen LogP contribution in [-0.2, 0) is 0 Å². The number of para-hydroxylation sites is 1. The molecular weight excluding hydrogens is 352 g/mol. The zero-order valence-corrected chi connectivity index (χ0v) is 15.0. The Balaban J connectivity index is 1.43. The highest BCUT2D eigenvalue weighted by Crippen LogP contribution is 2.28. The molecule has 0 spiro atoms. The number of rotatable bonds is 5. The topological polar surface area (TPSA) is 75.6 Å². The van der Waals surface area contributed by atoms with Crippen LogP contribution in [0.3, 0.4) is 0 Å². The highest BCUT2D eigenvalue weighted by Gasteiger charge is 2.13. The fraction of sp³-hybridized carbons (Fsp3) is 0.0909. The first-order chi connectivity index (χ1) is 13.8. The smallest absolute Gasteiger partial charge is 0.155 e. The minimum Gasteiger partial charge on any atom is -0.454 e. The van der Waals surface area contributed by atoms with Crippen LogP contribution in [0, 0.1) is 0 Å². The highest BCUT2D eigenvalue weighted by molar-refractivity contribution is 5.82. The number of nitrogens with zero attached hydrogens (tertiary/aromatic N) is 3. The number of furan rings is 1. The normalized spacial score (nSPS) is 12.5. The quantitative estimate of drug-likeness (QED) is 0.483. The predicted octanol–water partition coefficient (Wildman–Crippen LogP) is 4.29. The van der Waals surface area contributed by atoms with Gasteiger partial charge in [0, 0.05) is 11.9 Å². The summed E-state index contributed by atoms with van der Waals surface area (Å²) < 4.78 is 7.70. The van der Waals surface area contributed by atoms with Crippen molar-refractivity contribution in [3.63, 3.8) is 0 Å². The zero-order valence-electron chi connectivity index (χ0n) is 15.0. The maximum absolute atomic E-state index is 10.3. The molecule has 6 heteroatoms. The average Bonchev–Trinajstić information content (AvgIpc) is 3.36.